The molecule has 0 atom stereocenters. The maximum Gasteiger partial charge on any atom is 0.251 e. The Labute approximate surface area is 96.9 Å². The number of halogens is 1. The molecule has 0 radical (unpaired) electrons. The van der Waals surface area contributed by atoms with Crippen molar-refractivity contribution < 1.29 is 9.63 Å². The minimum Gasteiger partial charge on any atom is -0.352 e. The molecule has 0 unspecified atom stereocenters. The molecule has 0 fully saturated rings. The molecule has 0 spiro atoms. The van der Waals surface area contributed by atoms with Gasteiger partial charge in [0.1, 0.15) is 0 Å². The van der Waals surface area contributed by atoms with E-state index in [0.29, 0.717) is 25.1 Å². The van der Waals surface area contributed by atoms with Crippen molar-refractivity contribution in [2.75, 3.05) is 13.2 Å². The van der Waals surface area contributed by atoms with Crippen LogP contribution < -0.4 is 11.2 Å². The summed E-state index contributed by atoms with van der Waals surface area (Å²) in [5, 5.41) is 2.76. The maximum absolute atomic E-state index is 11.5. The van der Waals surface area contributed by atoms with Gasteiger partial charge in [-0.25, -0.2) is 5.90 Å². The summed E-state index contributed by atoms with van der Waals surface area (Å²) in [6, 6.07) is 7.19. The van der Waals surface area contributed by atoms with Crippen molar-refractivity contribution in [2.45, 2.75) is 6.42 Å². The number of carbonyl (C=O) groups is 1. The highest BCUT2D eigenvalue weighted by Gasteiger charge is 2.03. The van der Waals surface area contributed by atoms with Gasteiger partial charge in [0, 0.05) is 16.6 Å². The lowest BCUT2D eigenvalue weighted by molar-refractivity contribution is 0.0941. The van der Waals surface area contributed by atoms with Crippen molar-refractivity contribution >= 4 is 21.8 Å². The van der Waals surface area contributed by atoms with Crippen molar-refractivity contribution in [3.63, 3.8) is 0 Å². The normalized spacial score (nSPS) is 10.0. The minimum absolute atomic E-state index is 0.0838. The average Bonchev–Trinajstić information content (AvgIpc) is 2.25. The first-order valence-corrected chi connectivity index (χ1v) is 5.39. The molecular formula is C10H13BrN2O2. The Morgan fingerprint density at radius 2 is 2.07 bits per heavy atom. The van der Waals surface area contributed by atoms with Crippen LogP contribution in [0.3, 0.4) is 0 Å². The number of amides is 1. The van der Waals surface area contributed by atoms with Crippen LogP contribution in [0, 0.1) is 0 Å². The zero-order chi connectivity index (χ0) is 11.1. The molecule has 4 nitrogen and oxygen atoms in total. The van der Waals surface area contributed by atoms with Gasteiger partial charge in [-0.05, 0) is 30.7 Å². The number of hydrogen-bond donors (Lipinski definition) is 2. The molecule has 1 rings (SSSR count). The molecule has 0 saturated carbocycles. The number of nitrogens with two attached hydrogens (primary N) is 1. The van der Waals surface area contributed by atoms with Gasteiger partial charge in [-0.1, -0.05) is 15.9 Å². The molecule has 1 aromatic carbocycles. The Hall–Kier alpha value is -0.910. The van der Waals surface area contributed by atoms with E-state index < -0.39 is 0 Å². The van der Waals surface area contributed by atoms with Crippen LogP contribution in [0.25, 0.3) is 0 Å². The third-order valence-electron chi connectivity index (χ3n) is 1.83. The van der Waals surface area contributed by atoms with E-state index in [1.165, 1.54) is 0 Å². The largest absolute Gasteiger partial charge is 0.352 e. The second-order valence-corrected chi connectivity index (χ2v) is 3.90. The first kappa shape index (κ1) is 12.2. The summed E-state index contributed by atoms with van der Waals surface area (Å²) < 4.78 is 0.954. The van der Waals surface area contributed by atoms with Gasteiger partial charge in [0.05, 0.1) is 6.61 Å². The van der Waals surface area contributed by atoms with Gasteiger partial charge < -0.3 is 10.2 Å². The molecule has 0 aromatic heterocycles. The smallest absolute Gasteiger partial charge is 0.251 e. The summed E-state index contributed by atoms with van der Waals surface area (Å²) in [5.41, 5.74) is 0.645. The summed E-state index contributed by atoms with van der Waals surface area (Å²) in [5.74, 6) is 4.77. The summed E-state index contributed by atoms with van der Waals surface area (Å²) in [6.07, 6.45) is 0.707. The lowest BCUT2D eigenvalue weighted by Crippen LogP contribution is -2.25. The van der Waals surface area contributed by atoms with E-state index in [9.17, 15) is 4.79 Å². The van der Waals surface area contributed by atoms with Crippen molar-refractivity contribution in [3.8, 4) is 0 Å². The van der Waals surface area contributed by atoms with Crippen LogP contribution in [0.5, 0.6) is 0 Å². The topological polar surface area (TPSA) is 64.3 Å². The monoisotopic (exact) mass is 272 g/mol. The Morgan fingerprint density at radius 1 is 1.40 bits per heavy atom. The molecule has 3 N–H and O–H groups in total. The van der Waals surface area contributed by atoms with E-state index in [4.69, 9.17) is 5.90 Å². The summed E-state index contributed by atoms with van der Waals surface area (Å²) in [6.45, 7) is 1.01. The number of hydrogen-bond acceptors (Lipinski definition) is 3. The molecule has 15 heavy (non-hydrogen) atoms. The Kier molecular flexibility index (Phi) is 5.31. The SMILES string of the molecule is NOCCCNC(=O)c1ccc(Br)cc1. The predicted octanol–water partition coefficient (Wildman–Crippen LogP) is 1.46. The van der Waals surface area contributed by atoms with Crippen LogP contribution >= 0.6 is 15.9 Å². The van der Waals surface area contributed by atoms with Gasteiger partial charge in [-0.3, -0.25) is 4.79 Å². The van der Waals surface area contributed by atoms with Gasteiger partial charge in [0.15, 0.2) is 0 Å². The lowest BCUT2D eigenvalue weighted by atomic mass is 10.2. The molecule has 0 bridgehead atoms. The zero-order valence-electron chi connectivity index (χ0n) is 8.20. The summed E-state index contributed by atoms with van der Waals surface area (Å²) >= 11 is 3.31. The number of rotatable bonds is 5. The van der Waals surface area contributed by atoms with Crippen molar-refractivity contribution in [1.29, 1.82) is 0 Å². The molecular weight excluding hydrogens is 260 g/mol. The first-order chi connectivity index (χ1) is 7.24. The lowest BCUT2D eigenvalue weighted by Gasteiger charge is -2.04. The van der Waals surface area contributed by atoms with E-state index in [1.54, 1.807) is 12.1 Å². The quantitative estimate of drug-likeness (QED) is 0.630. The fourth-order valence-corrected chi connectivity index (χ4v) is 1.33. The molecule has 5 heteroatoms. The fraction of sp³-hybridized carbons (Fsp3) is 0.300. The second kappa shape index (κ2) is 6.55. The highest BCUT2D eigenvalue weighted by atomic mass is 79.9. The van der Waals surface area contributed by atoms with Crippen LogP contribution in [-0.2, 0) is 4.84 Å². The highest BCUT2D eigenvalue weighted by Crippen LogP contribution is 2.10. The molecule has 82 valence electrons. The molecule has 1 amide bonds. The molecule has 0 aliphatic heterocycles. The number of carbonyl (C=O) groups excluding carboxylic acids is 1. The van der Waals surface area contributed by atoms with E-state index in [0.717, 1.165) is 4.47 Å². The Morgan fingerprint density at radius 3 is 2.67 bits per heavy atom. The van der Waals surface area contributed by atoms with Gasteiger partial charge in [0.25, 0.3) is 5.91 Å². The zero-order valence-corrected chi connectivity index (χ0v) is 9.79. The van der Waals surface area contributed by atoms with Crippen LogP contribution in [-0.4, -0.2) is 19.1 Å². The van der Waals surface area contributed by atoms with E-state index in [1.807, 2.05) is 12.1 Å². The van der Waals surface area contributed by atoms with Crippen LogP contribution in [0.4, 0.5) is 0 Å². The van der Waals surface area contributed by atoms with E-state index >= 15 is 0 Å². The highest BCUT2D eigenvalue weighted by molar-refractivity contribution is 9.10. The van der Waals surface area contributed by atoms with Gasteiger partial charge in [0.2, 0.25) is 0 Å². The predicted molar refractivity (Wildman–Crippen MR) is 61.2 cm³/mol. The summed E-state index contributed by atoms with van der Waals surface area (Å²) in [7, 11) is 0. The van der Waals surface area contributed by atoms with Gasteiger partial charge in [-0.15, -0.1) is 0 Å². The van der Waals surface area contributed by atoms with Crippen LogP contribution in [0.2, 0.25) is 0 Å². The second-order valence-electron chi connectivity index (χ2n) is 2.99. The van der Waals surface area contributed by atoms with Crippen molar-refractivity contribution in [2.24, 2.45) is 5.90 Å². The third-order valence-corrected chi connectivity index (χ3v) is 2.36. The van der Waals surface area contributed by atoms with Crippen LogP contribution in [0.15, 0.2) is 28.7 Å². The molecule has 0 saturated heterocycles. The van der Waals surface area contributed by atoms with Gasteiger partial charge >= 0.3 is 0 Å². The fourth-order valence-electron chi connectivity index (χ4n) is 1.06. The molecule has 1 aromatic rings. The standard InChI is InChI=1S/C10H13BrN2O2/c11-9-4-2-8(3-5-9)10(14)13-6-1-7-15-12/h2-5H,1,6-7,12H2,(H,13,14). The molecule has 0 heterocycles. The van der Waals surface area contributed by atoms with E-state index in [-0.39, 0.29) is 5.91 Å². The Balaban J connectivity index is 2.37. The van der Waals surface area contributed by atoms with Crippen molar-refractivity contribution in [3.05, 3.63) is 34.3 Å². The third kappa shape index (κ3) is 4.42. The van der Waals surface area contributed by atoms with Gasteiger partial charge in [-0.2, -0.15) is 0 Å². The Bertz CT molecular complexity index is 314. The molecule has 0 aliphatic rings. The maximum atomic E-state index is 11.5. The minimum atomic E-state index is -0.0838. The molecule has 0 aliphatic carbocycles. The summed E-state index contributed by atoms with van der Waals surface area (Å²) in [4.78, 5) is 15.9. The number of benzene rings is 1. The average molecular weight is 273 g/mol. The van der Waals surface area contributed by atoms with Crippen LogP contribution in [0.1, 0.15) is 16.8 Å². The first-order valence-electron chi connectivity index (χ1n) is 4.59. The number of nitrogens with one attached hydrogen (secondary N) is 1. The van der Waals surface area contributed by atoms with E-state index in [2.05, 4.69) is 26.1 Å². The van der Waals surface area contributed by atoms with Crippen molar-refractivity contribution in [1.82, 2.24) is 5.32 Å².